The van der Waals surface area contributed by atoms with Gasteiger partial charge in [-0.2, -0.15) is 3.97 Å². The molecule has 0 aliphatic carbocycles. The number of aromatic hydroxyl groups is 1. The molecular formula is C32H45N3O8S. The molecule has 0 saturated heterocycles. The lowest BCUT2D eigenvalue weighted by atomic mass is 10.0. The maximum atomic E-state index is 12.5. The third-order valence-corrected chi connectivity index (χ3v) is 8.48. The van der Waals surface area contributed by atoms with E-state index in [2.05, 4.69) is 5.32 Å². The molecule has 0 fully saturated rings. The normalized spacial score (nSPS) is 15.1. The van der Waals surface area contributed by atoms with E-state index in [0.717, 1.165) is 97.6 Å². The zero-order chi connectivity index (χ0) is 31.7. The summed E-state index contributed by atoms with van der Waals surface area (Å²) in [6, 6.07) is 12.9. The topological polar surface area (TPSA) is 141 Å². The Morgan fingerprint density at radius 1 is 1.05 bits per heavy atom. The van der Waals surface area contributed by atoms with E-state index in [1.54, 1.807) is 18.2 Å². The zero-order valence-electron chi connectivity index (χ0n) is 25.8. The lowest BCUT2D eigenvalue weighted by molar-refractivity contribution is -0.180. The average Bonchev–Trinajstić information content (AvgIpc) is 3.28. The Kier molecular flexibility index (Phi) is 11.7. The van der Waals surface area contributed by atoms with Crippen molar-refractivity contribution in [1.29, 1.82) is 0 Å². The first-order valence-corrected chi connectivity index (χ1v) is 17.0. The van der Waals surface area contributed by atoms with Gasteiger partial charge < -0.3 is 29.7 Å². The van der Waals surface area contributed by atoms with Crippen molar-refractivity contribution in [3.05, 3.63) is 75.8 Å². The fourth-order valence-corrected chi connectivity index (χ4v) is 5.76. The summed E-state index contributed by atoms with van der Waals surface area (Å²) in [4.78, 5) is 12.5. The number of benzene rings is 2. The van der Waals surface area contributed by atoms with E-state index in [9.17, 15) is 23.4 Å². The molecule has 0 amide bonds. The van der Waals surface area contributed by atoms with E-state index in [1.165, 1.54) is 0 Å². The Morgan fingerprint density at radius 2 is 1.80 bits per heavy atom. The number of rotatable bonds is 17. The number of aromatic nitrogens is 2. The summed E-state index contributed by atoms with van der Waals surface area (Å²) in [5.41, 5.74) is 2.38. The smallest absolute Gasteiger partial charge is 0.349 e. The second kappa shape index (κ2) is 15.2. The minimum absolute atomic E-state index is 0.416. The highest BCUT2D eigenvalue weighted by molar-refractivity contribution is 7.89. The van der Waals surface area contributed by atoms with Gasteiger partial charge in [-0.15, -0.1) is 0 Å². The van der Waals surface area contributed by atoms with Crippen LogP contribution in [0.15, 0.2) is 53.5 Å². The van der Waals surface area contributed by atoms with Gasteiger partial charge in [0.15, 0.2) is 0 Å². The number of nitrogens with zero attached hydrogens (tertiary/aromatic N) is 2. The maximum Gasteiger partial charge on any atom is 0.349 e. The molecule has 1 aliphatic rings. The second-order valence-corrected chi connectivity index (χ2v) is 13.6. The van der Waals surface area contributed by atoms with E-state index in [-0.39, 0.29) is 0 Å². The van der Waals surface area contributed by atoms with Gasteiger partial charge in [-0.05, 0) is 74.0 Å². The molecule has 44 heavy (non-hydrogen) atoms. The lowest BCUT2D eigenvalue weighted by Gasteiger charge is -2.33. The van der Waals surface area contributed by atoms with Crippen molar-refractivity contribution in [2.75, 3.05) is 32.6 Å². The Morgan fingerprint density at radius 3 is 2.55 bits per heavy atom. The van der Waals surface area contributed by atoms with Crippen LogP contribution in [0.25, 0.3) is 5.69 Å². The first kappa shape index (κ1) is 33.7. The molecule has 1 aliphatic heterocycles. The standard InChI is InChI=1S/C32H45N3O8S/c1-32(2)42-23-26-20-25(14-15-29(26)43-32)28(36)21-33-16-7-4-5-8-17-41-18-9-6-11-24-12-10-13-27(19-24)35-30(37)22-34(31(35)38)44(3,39)40/h10,12-15,19-20,22,28,33,36-37H,4-9,11,16-18,21,23H2,1-3H3/t28-/m0/s1. The average molecular weight is 632 g/mol. The van der Waals surface area contributed by atoms with Gasteiger partial charge in [0.05, 0.1) is 30.9 Å². The molecule has 11 nitrogen and oxygen atoms in total. The van der Waals surface area contributed by atoms with Gasteiger partial charge in [-0.1, -0.05) is 31.0 Å². The number of unbranched alkanes of at least 4 members (excludes halogenated alkanes) is 4. The Balaban J connectivity index is 1.03. The largest absolute Gasteiger partial charge is 0.493 e. The van der Waals surface area contributed by atoms with Crippen LogP contribution in [0.4, 0.5) is 0 Å². The van der Waals surface area contributed by atoms with Crippen molar-refractivity contribution in [3.63, 3.8) is 0 Å². The summed E-state index contributed by atoms with van der Waals surface area (Å²) in [6.45, 7) is 6.99. The maximum absolute atomic E-state index is 12.5. The molecule has 0 unspecified atom stereocenters. The number of fused-ring (bicyclic) bond motifs is 1. The van der Waals surface area contributed by atoms with Crippen molar-refractivity contribution in [2.45, 2.75) is 77.3 Å². The molecule has 12 heteroatoms. The third-order valence-electron chi connectivity index (χ3n) is 7.50. The van der Waals surface area contributed by atoms with Crippen LogP contribution >= 0.6 is 0 Å². The van der Waals surface area contributed by atoms with Crippen molar-refractivity contribution < 1.29 is 32.8 Å². The molecule has 3 N–H and O–H groups in total. The first-order chi connectivity index (χ1) is 20.9. The van der Waals surface area contributed by atoms with Crippen LogP contribution in [0.1, 0.15) is 75.2 Å². The number of hydrogen-bond acceptors (Lipinski definition) is 9. The van der Waals surface area contributed by atoms with E-state index in [1.807, 2.05) is 38.1 Å². The Labute approximate surface area is 259 Å². The minimum atomic E-state index is -3.81. The van der Waals surface area contributed by atoms with Crippen LogP contribution in [0.2, 0.25) is 0 Å². The van der Waals surface area contributed by atoms with Crippen LogP contribution in [-0.4, -0.2) is 65.5 Å². The SMILES string of the molecule is CC1(C)OCc2cc([C@@H](O)CNCCCCCCOCCCCc3cccc(-n4c(O)cn(S(C)(=O)=O)c4=O)c3)ccc2O1. The molecule has 1 aromatic heterocycles. The second-order valence-electron chi connectivity index (χ2n) is 11.7. The van der Waals surface area contributed by atoms with Crippen molar-refractivity contribution in [3.8, 4) is 17.3 Å². The molecule has 2 heterocycles. The van der Waals surface area contributed by atoms with Gasteiger partial charge in [-0.25, -0.2) is 17.8 Å². The van der Waals surface area contributed by atoms with E-state index >= 15 is 0 Å². The fourth-order valence-electron chi connectivity index (χ4n) is 5.11. The molecule has 0 bridgehead atoms. The summed E-state index contributed by atoms with van der Waals surface area (Å²) in [5.74, 6) is -0.254. The number of aliphatic hydroxyl groups is 1. The van der Waals surface area contributed by atoms with Crippen molar-refractivity contribution in [2.24, 2.45) is 0 Å². The highest BCUT2D eigenvalue weighted by atomic mass is 32.2. The van der Waals surface area contributed by atoms with Gasteiger partial charge in [0.2, 0.25) is 21.7 Å². The van der Waals surface area contributed by atoms with E-state index in [4.69, 9.17) is 14.2 Å². The molecule has 1 atom stereocenters. The number of nitrogens with one attached hydrogen (secondary N) is 1. The minimum Gasteiger partial charge on any atom is -0.493 e. The quantitative estimate of drug-likeness (QED) is 0.188. The summed E-state index contributed by atoms with van der Waals surface area (Å²) in [5, 5.41) is 24.0. The summed E-state index contributed by atoms with van der Waals surface area (Å²) < 4.78 is 42.4. The van der Waals surface area contributed by atoms with Gasteiger partial charge in [-0.3, -0.25) is 0 Å². The molecule has 3 aromatic rings. The molecule has 242 valence electrons. The van der Waals surface area contributed by atoms with Crippen LogP contribution in [-0.2, 0) is 32.5 Å². The van der Waals surface area contributed by atoms with Gasteiger partial charge in [0, 0.05) is 39.2 Å². The monoisotopic (exact) mass is 631 g/mol. The van der Waals surface area contributed by atoms with Gasteiger partial charge >= 0.3 is 5.69 Å². The number of aliphatic hydroxyl groups excluding tert-OH is 1. The lowest BCUT2D eigenvalue weighted by Crippen LogP contribution is -2.35. The first-order valence-electron chi connectivity index (χ1n) is 15.2. The predicted molar refractivity (Wildman–Crippen MR) is 168 cm³/mol. The molecule has 2 aromatic carbocycles. The highest BCUT2D eigenvalue weighted by Crippen LogP contribution is 2.32. The number of hydrogen-bond donors (Lipinski definition) is 3. The molecule has 0 spiro atoms. The number of ether oxygens (including phenoxy) is 3. The van der Waals surface area contributed by atoms with Crippen LogP contribution in [0.3, 0.4) is 0 Å². The van der Waals surface area contributed by atoms with Crippen molar-refractivity contribution in [1.82, 2.24) is 13.9 Å². The Bertz CT molecular complexity index is 1550. The molecular weight excluding hydrogens is 586 g/mol. The molecule has 4 rings (SSSR count). The van der Waals surface area contributed by atoms with Crippen molar-refractivity contribution >= 4 is 10.0 Å². The zero-order valence-corrected chi connectivity index (χ0v) is 26.6. The molecule has 0 radical (unpaired) electrons. The summed E-state index contributed by atoms with van der Waals surface area (Å²) >= 11 is 0. The van der Waals surface area contributed by atoms with Gasteiger partial charge in [0.1, 0.15) is 5.75 Å². The van der Waals surface area contributed by atoms with Crippen LogP contribution in [0.5, 0.6) is 11.6 Å². The highest BCUT2D eigenvalue weighted by Gasteiger charge is 2.27. The third kappa shape index (κ3) is 9.42. The van der Waals surface area contributed by atoms with Gasteiger partial charge in [0.25, 0.3) is 0 Å². The van der Waals surface area contributed by atoms with E-state index in [0.29, 0.717) is 29.4 Å². The molecule has 0 saturated carbocycles. The summed E-state index contributed by atoms with van der Waals surface area (Å²) in [7, 11) is -3.81. The predicted octanol–water partition coefficient (Wildman–Crippen LogP) is 4.02. The Hall–Kier alpha value is -3.16. The van der Waals surface area contributed by atoms with E-state index < -0.39 is 33.5 Å². The van der Waals surface area contributed by atoms with Crippen LogP contribution in [0, 0.1) is 0 Å². The number of aryl methyl sites for hydroxylation is 1. The van der Waals surface area contributed by atoms with Crippen LogP contribution < -0.4 is 15.7 Å². The number of imidazole rings is 1. The fraction of sp³-hybridized carbons (Fsp3) is 0.531. The summed E-state index contributed by atoms with van der Waals surface area (Å²) in [6.07, 6.45) is 8.04.